The van der Waals surface area contributed by atoms with Crippen molar-refractivity contribution in [3.05, 3.63) is 36.3 Å². The van der Waals surface area contributed by atoms with Gasteiger partial charge in [0, 0.05) is 45.5 Å². The van der Waals surface area contributed by atoms with Crippen molar-refractivity contribution in [2.24, 2.45) is 0 Å². The van der Waals surface area contributed by atoms with Crippen LogP contribution in [0.4, 0.5) is 21.8 Å². The third kappa shape index (κ3) is 4.35. The van der Waals surface area contributed by atoms with Crippen molar-refractivity contribution in [2.75, 3.05) is 54.5 Å². The minimum absolute atomic E-state index is 0.200. The third-order valence-electron chi connectivity index (χ3n) is 4.52. The normalized spacial score (nSPS) is 14.7. The molecule has 0 N–H and O–H groups in total. The summed E-state index contributed by atoms with van der Waals surface area (Å²) in [6.45, 7) is 6.56. The van der Waals surface area contributed by atoms with E-state index in [0.29, 0.717) is 5.95 Å². The maximum atomic E-state index is 13.1. The number of halogens is 1. The number of piperazine rings is 1. The van der Waals surface area contributed by atoms with E-state index in [2.05, 4.69) is 36.8 Å². The fraction of sp³-hybridized carbons (Fsp3) is 0.500. The first kappa shape index (κ1) is 17.4. The molecule has 1 aliphatic rings. The van der Waals surface area contributed by atoms with Gasteiger partial charge in [0.2, 0.25) is 5.95 Å². The van der Waals surface area contributed by atoms with Crippen molar-refractivity contribution in [3.8, 4) is 0 Å². The summed E-state index contributed by atoms with van der Waals surface area (Å²) in [5.41, 5.74) is 1.06. The smallest absolute Gasteiger partial charge is 0.247 e. The molecule has 134 valence electrons. The molecule has 0 spiro atoms. The van der Waals surface area contributed by atoms with Crippen molar-refractivity contribution >= 4 is 17.5 Å². The molecule has 1 aromatic carbocycles. The van der Waals surface area contributed by atoms with Crippen LogP contribution in [0.2, 0.25) is 0 Å². The van der Waals surface area contributed by atoms with Crippen molar-refractivity contribution in [1.82, 2.24) is 15.2 Å². The van der Waals surface area contributed by atoms with Crippen LogP contribution in [0.3, 0.4) is 0 Å². The van der Waals surface area contributed by atoms with E-state index >= 15 is 0 Å². The van der Waals surface area contributed by atoms with Crippen molar-refractivity contribution < 1.29 is 4.39 Å². The molecule has 0 atom stereocenters. The highest BCUT2D eigenvalue weighted by Gasteiger charge is 2.19. The average molecular weight is 344 g/mol. The third-order valence-corrected chi connectivity index (χ3v) is 4.52. The van der Waals surface area contributed by atoms with Gasteiger partial charge in [-0.05, 0) is 30.7 Å². The van der Waals surface area contributed by atoms with Gasteiger partial charge < -0.3 is 14.7 Å². The summed E-state index contributed by atoms with van der Waals surface area (Å²) in [4.78, 5) is 11.2. The Morgan fingerprint density at radius 1 is 1.08 bits per heavy atom. The first-order valence-electron chi connectivity index (χ1n) is 8.83. The van der Waals surface area contributed by atoms with Crippen LogP contribution in [0.5, 0.6) is 0 Å². The number of unbranched alkanes of at least 4 members (excludes halogenated alkanes) is 1. The molecule has 6 nitrogen and oxygen atoms in total. The van der Waals surface area contributed by atoms with E-state index in [-0.39, 0.29) is 5.82 Å². The van der Waals surface area contributed by atoms with Gasteiger partial charge in [0.05, 0.1) is 6.20 Å². The van der Waals surface area contributed by atoms with E-state index in [1.54, 1.807) is 6.20 Å². The highest BCUT2D eigenvalue weighted by Crippen LogP contribution is 2.20. The molecule has 0 saturated carbocycles. The number of rotatable bonds is 6. The van der Waals surface area contributed by atoms with Gasteiger partial charge in [0.25, 0.3) is 0 Å². The fourth-order valence-electron chi connectivity index (χ4n) is 2.94. The van der Waals surface area contributed by atoms with Crippen LogP contribution in [0.25, 0.3) is 0 Å². The Labute approximate surface area is 148 Å². The van der Waals surface area contributed by atoms with Crippen LogP contribution >= 0.6 is 0 Å². The summed E-state index contributed by atoms with van der Waals surface area (Å²) >= 11 is 0. The van der Waals surface area contributed by atoms with Gasteiger partial charge in [0.1, 0.15) is 5.82 Å². The van der Waals surface area contributed by atoms with Crippen LogP contribution in [0.1, 0.15) is 19.8 Å². The van der Waals surface area contributed by atoms with Crippen LogP contribution in [0.15, 0.2) is 30.5 Å². The monoisotopic (exact) mass is 344 g/mol. The molecule has 1 saturated heterocycles. The molecule has 7 heteroatoms. The first-order chi connectivity index (χ1) is 12.2. The van der Waals surface area contributed by atoms with Crippen molar-refractivity contribution in [1.29, 1.82) is 0 Å². The second-order valence-electron chi connectivity index (χ2n) is 6.34. The zero-order valence-electron chi connectivity index (χ0n) is 14.9. The number of benzene rings is 1. The number of nitrogens with zero attached hydrogens (tertiary/aromatic N) is 6. The predicted octanol–water partition coefficient (Wildman–Crippen LogP) is 2.57. The second-order valence-corrected chi connectivity index (χ2v) is 6.34. The molecule has 0 amide bonds. The lowest BCUT2D eigenvalue weighted by Gasteiger charge is -2.36. The van der Waals surface area contributed by atoms with E-state index in [4.69, 9.17) is 0 Å². The Hall–Kier alpha value is -2.44. The quantitative estimate of drug-likeness (QED) is 0.803. The zero-order valence-corrected chi connectivity index (χ0v) is 14.9. The number of hydrogen-bond donors (Lipinski definition) is 0. The summed E-state index contributed by atoms with van der Waals surface area (Å²) in [5.74, 6) is 1.34. The molecule has 0 unspecified atom stereocenters. The summed E-state index contributed by atoms with van der Waals surface area (Å²) in [6, 6.07) is 6.68. The van der Waals surface area contributed by atoms with Crippen LogP contribution in [-0.2, 0) is 0 Å². The maximum absolute atomic E-state index is 13.1. The maximum Gasteiger partial charge on any atom is 0.247 e. The number of anilines is 3. The van der Waals surface area contributed by atoms with Crippen LogP contribution in [-0.4, -0.2) is 55.0 Å². The van der Waals surface area contributed by atoms with Gasteiger partial charge in [0.15, 0.2) is 5.82 Å². The lowest BCUT2D eigenvalue weighted by Crippen LogP contribution is -2.47. The minimum atomic E-state index is -0.200. The van der Waals surface area contributed by atoms with E-state index in [1.807, 2.05) is 19.2 Å². The Balaban J connectivity index is 1.61. The minimum Gasteiger partial charge on any atom is -0.368 e. The molecule has 25 heavy (non-hydrogen) atoms. The molecular formula is C18H25FN6. The topological polar surface area (TPSA) is 48.4 Å². The van der Waals surface area contributed by atoms with Gasteiger partial charge in [-0.25, -0.2) is 4.39 Å². The zero-order chi connectivity index (χ0) is 17.6. The SMILES string of the molecule is CCCCN(C)c1nncc(N2CCN(c3ccc(F)cc3)CC2)n1. The van der Waals surface area contributed by atoms with E-state index in [0.717, 1.165) is 57.1 Å². The lowest BCUT2D eigenvalue weighted by atomic mass is 10.2. The Morgan fingerprint density at radius 3 is 2.44 bits per heavy atom. The molecule has 0 bridgehead atoms. The van der Waals surface area contributed by atoms with Gasteiger partial charge in [-0.15, -0.1) is 5.10 Å². The lowest BCUT2D eigenvalue weighted by molar-refractivity contribution is 0.623. The van der Waals surface area contributed by atoms with E-state index in [9.17, 15) is 4.39 Å². The molecule has 1 aromatic heterocycles. The molecule has 2 heterocycles. The number of aromatic nitrogens is 3. The van der Waals surface area contributed by atoms with Crippen LogP contribution < -0.4 is 14.7 Å². The standard InChI is InChI=1S/C18H25FN6/c1-3-4-9-23(2)18-21-17(14-20-22-18)25-12-10-24(11-13-25)16-7-5-15(19)6-8-16/h5-8,14H,3-4,9-13H2,1-2H3. The van der Waals surface area contributed by atoms with Crippen molar-refractivity contribution in [2.45, 2.75) is 19.8 Å². The average Bonchev–Trinajstić information content (AvgIpc) is 2.67. The van der Waals surface area contributed by atoms with Gasteiger partial charge in [-0.1, -0.05) is 13.3 Å². The first-order valence-corrected chi connectivity index (χ1v) is 8.83. The number of hydrogen-bond acceptors (Lipinski definition) is 6. The Bertz CT molecular complexity index is 670. The van der Waals surface area contributed by atoms with E-state index < -0.39 is 0 Å². The summed E-state index contributed by atoms with van der Waals surface area (Å²) in [6.07, 6.45) is 3.98. The molecule has 0 aliphatic carbocycles. The fourth-order valence-corrected chi connectivity index (χ4v) is 2.94. The van der Waals surface area contributed by atoms with Gasteiger partial charge in [-0.2, -0.15) is 10.1 Å². The van der Waals surface area contributed by atoms with Crippen LogP contribution in [0, 0.1) is 5.82 Å². The van der Waals surface area contributed by atoms with Gasteiger partial charge in [-0.3, -0.25) is 0 Å². The predicted molar refractivity (Wildman–Crippen MR) is 98.8 cm³/mol. The molecular weight excluding hydrogens is 319 g/mol. The summed E-state index contributed by atoms with van der Waals surface area (Å²) in [7, 11) is 2.00. The molecule has 3 rings (SSSR count). The summed E-state index contributed by atoms with van der Waals surface area (Å²) in [5, 5.41) is 8.27. The largest absolute Gasteiger partial charge is 0.368 e. The molecule has 1 aliphatic heterocycles. The molecule has 1 fully saturated rings. The molecule has 2 aromatic rings. The Morgan fingerprint density at radius 2 is 1.76 bits per heavy atom. The van der Waals surface area contributed by atoms with Crippen molar-refractivity contribution in [3.63, 3.8) is 0 Å². The highest BCUT2D eigenvalue weighted by molar-refractivity contribution is 5.49. The summed E-state index contributed by atoms with van der Waals surface area (Å²) < 4.78 is 13.1. The Kier molecular flexibility index (Phi) is 5.63. The second kappa shape index (κ2) is 8.09. The highest BCUT2D eigenvalue weighted by atomic mass is 19.1. The molecule has 0 radical (unpaired) electrons. The van der Waals surface area contributed by atoms with Gasteiger partial charge >= 0.3 is 0 Å². The van der Waals surface area contributed by atoms with E-state index in [1.165, 1.54) is 12.1 Å².